The highest BCUT2D eigenvalue weighted by atomic mass is 32.1. The Bertz CT molecular complexity index is 812. The lowest BCUT2D eigenvalue weighted by Crippen LogP contribution is -2.26. The molecule has 0 aliphatic carbocycles. The van der Waals surface area contributed by atoms with Crippen molar-refractivity contribution < 1.29 is 4.79 Å². The van der Waals surface area contributed by atoms with Crippen LogP contribution in [0.25, 0.3) is 5.69 Å². The number of carbonyl (C=O) groups excluding carboxylic acids is 1. The minimum atomic E-state index is 0.0889. The van der Waals surface area contributed by atoms with Crippen molar-refractivity contribution in [3.63, 3.8) is 0 Å². The van der Waals surface area contributed by atoms with Gasteiger partial charge in [0.15, 0.2) is 5.13 Å². The summed E-state index contributed by atoms with van der Waals surface area (Å²) in [5, 5.41) is 6.67. The fourth-order valence-corrected chi connectivity index (χ4v) is 3.04. The molecule has 24 heavy (non-hydrogen) atoms. The SMILES string of the molecule is CN(Cc1cccc(-n2cccn2)c1)C(=O)CCc1csc(N)n1. The summed E-state index contributed by atoms with van der Waals surface area (Å²) in [5.41, 5.74) is 8.53. The topological polar surface area (TPSA) is 77.0 Å². The highest BCUT2D eigenvalue weighted by Crippen LogP contribution is 2.14. The second-order valence-corrected chi connectivity index (χ2v) is 6.44. The standard InChI is InChI=1S/C17H19N5OS/c1-21(16(23)7-6-14-12-24-17(18)20-14)11-13-4-2-5-15(10-13)22-9-3-8-19-22/h2-5,8-10,12H,6-7,11H2,1H3,(H2,18,20). The van der Waals surface area contributed by atoms with Crippen molar-refractivity contribution in [2.24, 2.45) is 0 Å². The van der Waals surface area contributed by atoms with Crippen LogP contribution in [0.1, 0.15) is 17.7 Å². The molecule has 124 valence electrons. The highest BCUT2D eigenvalue weighted by molar-refractivity contribution is 7.13. The molecule has 0 unspecified atom stereocenters. The summed E-state index contributed by atoms with van der Waals surface area (Å²) < 4.78 is 1.80. The number of aromatic nitrogens is 3. The summed E-state index contributed by atoms with van der Waals surface area (Å²) in [6, 6.07) is 9.90. The average molecular weight is 341 g/mol. The molecule has 1 aromatic carbocycles. The summed E-state index contributed by atoms with van der Waals surface area (Å²) >= 11 is 1.40. The molecule has 3 rings (SSSR count). The average Bonchev–Trinajstić information content (AvgIpc) is 3.24. The highest BCUT2D eigenvalue weighted by Gasteiger charge is 2.11. The molecule has 0 spiro atoms. The zero-order valence-corrected chi connectivity index (χ0v) is 14.2. The third-order valence-electron chi connectivity index (χ3n) is 3.69. The van der Waals surface area contributed by atoms with E-state index in [4.69, 9.17) is 5.73 Å². The molecule has 0 aliphatic rings. The molecule has 0 saturated carbocycles. The van der Waals surface area contributed by atoms with E-state index in [0.29, 0.717) is 24.5 Å². The maximum Gasteiger partial charge on any atom is 0.223 e. The van der Waals surface area contributed by atoms with E-state index < -0.39 is 0 Å². The van der Waals surface area contributed by atoms with Crippen molar-refractivity contribution in [3.05, 3.63) is 59.4 Å². The van der Waals surface area contributed by atoms with Gasteiger partial charge in [0.05, 0.1) is 11.4 Å². The second kappa shape index (κ2) is 7.27. The van der Waals surface area contributed by atoms with Gasteiger partial charge in [-0.05, 0) is 30.2 Å². The van der Waals surface area contributed by atoms with Crippen LogP contribution in [-0.2, 0) is 17.8 Å². The number of nitrogen functional groups attached to an aromatic ring is 1. The summed E-state index contributed by atoms with van der Waals surface area (Å²) in [6.45, 7) is 0.563. The van der Waals surface area contributed by atoms with E-state index >= 15 is 0 Å². The van der Waals surface area contributed by atoms with Gasteiger partial charge in [0.2, 0.25) is 5.91 Å². The molecule has 0 fully saturated rings. The number of hydrogen-bond acceptors (Lipinski definition) is 5. The maximum atomic E-state index is 12.3. The van der Waals surface area contributed by atoms with Crippen LogP contribution in [0.3, 0.4) is 0 Å². The lowest BCUT2D eigenvalue weighted by atomic mass is 10.1. The summed E-state index contributed by atoms with van der Waals surface area (Å²) in [7, 11) is 1.82. The number of rotatable bonds is 6. The smallest absolute Gasteiger partial charge is 0.223 e. The molecule has 2 heterocycles. The number of nitrogens with two attached hydrogens (primary N) is 1. The largest absolute Gasteiger partial charge is 0.375 e. The lowest BCUT2D eigenvalue weighted by Gasteiger charge is -2.17. The zero-order chi connectivity index (χ0) is 16.9. The van der Waals surface area contributed by atoms with E-state index in [9.17, 15) is 4.79 Å². The number of hydrogen-bond donors (Lipinski definition) is 1. The van der Waals surface area contributed by atoms with Crippen LogP contribution in [-0.4, -0.2) is 32.6 Å². The number of aryl methyl sites for hydroxylation is 1. The molecule has 7 heteroatoms. The van der Waals surface area contributed by atoms with Crippen molar-refractivity contribution in [1.29, 1.82) is 0 Å². The van der Waals surface area contributed by atoms with Crippen LogP contribution in [0.2, 0.25) is 0 Å². The molecule has 1 amide bonds. The molecule has 0 saturated heterocycles. The number of carbonyl (C=O) groups is 1. The van der Waals surface area contributed by atoms with Gasteiger partial charge in [-0.25, -0.2) is 9.67 Å². The van der Waals surface area contributed by atoms with Crippen molar-refractivity contribution >= 4 is 22.4 Å². The number of anilines is 1. The van der Waals surface area contributed by atoms with E-state index in [0.717, 1.165) is 16.9 Å². The Morgan fingerprint density at radius 3 is 2.96 bits per heavy atom. The van der Waals surface area contributed by atoms with Gasteiger partial charge < -0.3 is 10.6 Å². The van der Waals surface area contributed by atoms with Crippen molar-refractivity contribution in [3.8, 4) is 5.69 Å². The Kier molecular flexibility index (Phi) is 4.90. The van der Waals surface area contributed by atoms with Gasteiger partial charge in [-0.2, -0.15) is 5.10 Å². The predicted molar refractivity (Wildman–Crippen MR) is 94.9 cm³/mol. The van der Waals surface area contributed by atoms with Crippen LogP contribution in [0.4, 0.5) is 5.13 Å². The Morgan fingerprint density at radius 2 is 2.25 bits per heavy atom. The fourth-order valence-electron chi connectivity index (χ4n) is 2.44. The van der Waals surface area contributed by atoms with Crippen LogP contribution in [0.15, 0.2) is 48.1 Å². The Balaban J connectivity index is 1.58. The first-order valence-electron chi connectivity index (χ1n) is 7.64. The predicted octanol–water partition coefficient (Wildman–Crippen LogP) is 2.50. The lowest BCUT2D eigenvalue weighted by molar-refractivity contribution is -0.130. The van der Waals surface area contributed by atoms with Crippen LogP contribution >= 0.6 is 11.3 Å². The number of thiazole rings is 1. The van der Waals surface area contributed by atoms with E-state index in [1.165, 1.54) is 11.3 Å². The number of benzene rings is 1. The molecule has 6 nitrogen and oxygen atoms in total. The van der Waals surface area contributed by atoms with E-state index in [1.807, 2.05) is 49.0 Å². The Hall–Kier alpha value is -2.67. The van der Waals surface area contributed by atoms with E-state index in [2.05, 4.69) is 10.1 Å². The Morgan fingerprint density at radius 1 is 1.38 bits per heavy atom. The number of nitrogens with zero attached hydrogens (tertiary/aromatic N) is 4. The first kappa shape index (κ1) is 16.2. The van der Waals surface area contributed by atoms with Gasteiger partial charge in [0.1, 0.15) is 0 Å². The van der Waals surface area contributed by atoms with Crippen molar-refractivity contribution in [1.82, 2.24) is 19.7 Å². The van der Waals surface area contributed by atoms with Gasteiger partial charge in [0.25, 0.3) is 0 Å². The third kappa shape index (κ3) is 3.99. The number of amides is 1. The monoisotopic (exact) mass is 341 g/mol. The minimum absolute atomic E-state index is 0.0889. The summed E-state index contributed by atoms with van der Waals surface area (Å²) in [4.78, 5) is 18.2. The summed E-state index contributed by atoms with van der Waals surface area (Å²) in [6.07, 6.45) is 4.68. The molecule has 0 bridgehead atoms. The van der Waals surface area contributed by atoms with Gasteiger partial charge >= 0.3 is 0 Å². The molecule has 0 aliphatic heterocycles. The third-order valence-corrected chi connectivity index (χ3v) is 4.41. The molecule has 0 radical (unpaired) electrons. The van der Waals surface area contributed by atoms with Gasteiger partial charge in [-0.1, -0.05) is 12.1 Å². The molecule has 2 N–H and O–H groups in total. The van der Waals surface area contributed by atoms with Gasteiger partial charge in [-0.3, -0.25) is 4.79 Å². The molecule has 0 atom stereocenters. The van der Waals surface area contributed by atoms with Crippen molar-refractivity contribution in [2.45, 2.75) is 19.4 Å². The van der Waals surface area contributed by atoms with Crippen LogP contribution in [0, 0.1) is 0 Å². The van der Waals surface area contributed by atoms with Crippen LogP contribution < -0.4 is 5.73 Å². The Labute approximate surface area is 144 Å². The maximum absolute atomic E-state index is 12.3. The van der Waals surface area contributed by atoms with Gasteiger partial charge in [-0.15, -0.1) is 11.3 Å². The van der Waals surface area contributed by atoms with E-state index in [1.54, 1.807) is 15.8 Å². The fraction of sp³-hybridized carbons (Fsp3) is 0.235. The summed E-state index contributed by atoms with van der Waals surface area (Å²) in [5.74, 6) is 0.0889. The van der Waals surface area contributed by atoms with E-state index in [-0.39, 0.29) is 5.91 Å². The van der Waals surface area contributed by atoms with Crippen molar-refractivity contribution in [2.75, 3.05) is 12.8 Å². The molecule has 2 aromatic heterocycles. The minimum Gasteiger partial charge on any atom is -0.375 e. The normalized spacial score (nSPS) is 10.7. The first-order chi connectivity index (χ1) is 11.6. The molecular formula is C17H19N5OS. The quantitative estimate of drug-likeness (QED) is 0.747. The zero-order valence-electron chi connectivity index (χ0n) is 13.4. The molecule has 3 aromatic rings. The van der Waals surface area contributed by atoms with Gasteiger partial charge in [0, 0.05) is 37.8 Å². The second-order valence-electron chi connectivity index (χ2n) is 5.55. The first-order valence-corrected chi connectivity index (χ1v) is 8.52. The van der Waals surface area contributed by atoms with Crippen LogP contribution in [0.5, 0.6) is 0 Å². The molecular weight excluding hydrogens is 322 g/mol.